The van der Waals surface area contributed by atoms with Gasteiger partial charge < -0.3 is 20.1 Å². The van der Waals surface area contributed by atoms with E-state index in [-0.39, 0.29) is 16.9 Å². The number of anilines is 2. The number of ether oxygens (including phenoxy) is 2. The minimum absolute atomic E-state index is 0.0153. The maximum absolute atomic E-state index is 5.74. The highest BCUT2D eigenvalue weighted by atomic mass is 16.5. The summed E-state index contributed by atoms with van der Waals surface area (Å²) in [6.07, 6.45) is 2.33. The summed E-state index contributed by atoms with van der Waals surface area (Å²) in [6.45, 7) is 17.7. The summed E-state index contributed by atoms with van der Waals surface area (Å²) in [5, 5.41) is 7.30. The van der Waals surface area contributed by atoms with E-state index in [0.29, 0.717) is 12.1 Å². The maximum atomic E-state index is 5.74. The number of aromatic nitrogens is 2. The zero-order chi connectivity index (χ0) is 23.8. The van der Waals surface area contributed by atoms with E-state index >= 15 is 0 Å². The lowest BCUT2D eigenvalue weighted by Crippen LogP contribution is -2.40. The van der Waals surface area contributed by atoms with Crippen LogP contribution in [0.2, 0.25) is 0 Å². The molecule has 1 aromatic heterocycles. The molecule has 0 amide bonds. The molecule has 2 N–H and O–H groups in total. The zero-order valence-electron chi connectivity index (χ0n) is 21.3. The lowest BCUT2D eigenvalue weighted by Gasteiger charge is -2.30. The number of nitrogens with one attached hydrogen (secondary N) is 2. The van der Waals surface area contributed by atoms with E-state index in [2.05, 4.69) is 83.4 Å². The molecular weight excluding hydrogens is 412 g/mol. The van der Waals surface area contributed by atoms with Crippen molar-refractivity contribution in [3.8, 4) is 11.4 Å². The molecule has 0 saturated carbocycles. The minimum atomic E-state index is -0.0782. The van der Waals surface area contributed by atoms with Crippen molar-refractivity contribution in [3.63, 3.8) is 0 Å². The van der Waals surface area contributed by atoms with Gasteiger partial charge in [0, 0.05) is 35.4 Å². The summed E-state index contributed by atoms with van der Waals surface area (Å²) >= 11 is 0. The van der Waals surface area contributed by atoms with Gasteiger partial charge in [-0.3, -0.25) is 0 Å². The van der Waals surface area contributed by atoms with Gasteiger partial charge in [-0.1, -0.05) is 41.5 Å². The van der Waals surface area contributed by atoms with Crippen LogP contribution in [0.5, 0.6) is 0 Å². The van der Waals surface area contributed by atoms with Gasteiger partial charge >= 0.3 is 0 Å². The van der Waals surface area contributed by atoms with E-state index in [0.717, 1.165) is 61.2 Å². The summed E-state index contributed by atoms with van der Waals surface area (Å²) in [5.41, 5.74) is 4.41. The largest absolute Gasteiger partial charge is 0.382 e. The molecule has 2 aromatic rings. The van der Waals surface area contributed by atoms with Gasteiger partial charge in [0.05, 0.1) is 31.1 Å². The Kier molecular flexibility index (Phi) is 6.70. The average molecular weight is 453 g/mol. The number of hydrogen-bond acceptors (Lipinski definition) is 6. The molecule has 2 saturated heterocycles. The van der Waals surface area contributed by atoms with Crippen LogP contribution >= 0.6 is 0 Å². The van der Waals surface area contributed by atoms with Gasteiger partial charge in [0.25, 0.3) is 0 Å². The third-order valence-electron chi connectivity index (χ3n) is 6.40. The molecule has 0 radical (unpaired) electrons. The van der Waals surface area contributed by atoms with Crippen LogP contribution in [0.1, 0.15) is 72.6 Å². The van der Waals surface area contributed by atoms with Crippen LogP contribution in [-0.2, 0) is 20.3 Å². The van der Waals surface area contributed by atoms with E-state index in [9.17, 15) is 0 Å². The standard InChI is InChI=1S/C27H40N4O2/c1-17-10-20(8-9-33-17)28-21-12-18(11-19(13-21)26(2,3)4)25-30-23(27(5,6)7)14-24(31-25)29-22-15-32-16-22/h11-14,17,20,22,28H,8-10,15-16H2,1-7H3,(H,29,30,31)/t17-,20?/m0/s1. The Bertz CT molecular complexity index is 973. The molecule has 180 valence electrons. The topological polar surface area (TPSA) is 68.3 Å². The Morgan fingerprint density at radius 3 is 2.24 bits per heavy atom. The first-order chi connectivity index (χ1) is 15.5. The average Bonchev–Trinajstić information content (AvgIpc) is 2.69. The quantitative estimate of drug-likeness (QED) is 0.622. The lowest BCUT2D eigenvalue weighted by atomic mass is 9.85. The van der Waals surface area contributed by atoms with Crippen molar-refractivity contribution < 1.29 is 9.47 Å². The van der Waals surface area contributed by atoms with Crippen LogP contribution in [-0.4, -0.2) is 48.0 Å². The number of benzene rings is 1. The van der Waals surface area contributed by atoms with Gasteiger partial charge in [-0.2, -0.15) is 0 Å². The molecular formula is C27H40N4O2. The van der Waals surface area contributed by atoms with Crippen molar-refractivity contribution in [1.29, 1.82) is 0 Å². The van der Waals surface area contributed by atoms with Crippen molar-refractivity contribution in [1.82, 2.24) is 9.97 Å². The van der Waals surface area contributed by atoms with Gasteiger partial charge in [0.2, 0.25) is 0 Å². The molecule has 2 aliphatic rings. The van der Waals surface area contributed by atoms with Gasteiger partial charge in [0.15, 0.2) is 5.82 Å². The summed E-state index contributed by atoms with van der Waals surface area (Å²) in [5.74, 6) is 1.63. The third-order valence-corrected chi connectivity index (χ3v) is 6.40. The Hall–Kier alpha value is -2.18. The zero-order valence-corrected chi connectivity index (χ0v) is 21.3. The highest BCUT2D eigenvalue weighted by Gasteiger charge is 2.24. The van der Waals surface area contributed by atoms with Gasteiger partial charge in [-0.15, -0.1) is 0 Å². The molecule has 1 aromatic carbocycles. The first kappa shape index (κ1) is 24.0. The normalized spacial score (nSPS) is 22.0. The number of nitrogens with zero attached hydrogens (tertiary/aromatic N) is 2. The second-order valence-electron chi connectivity index (χ2n) is 11.7. The number of hydrogen-bond donors (Lipinski definition) is 2. The first-order valence-electron chi connectivity index (χ1n) is 12.3. The van der Waals surface area contributed by atoms with Crippen LogP contribution < -0.4 is 10.6 Å². The third kappa shape index (κ3) is 6.04. The van der Waals surface area contributed by atoms with Crippen molar-refractivity contribution in [2.24, 2.45) is 0 Å². The van der Waals surface area contributed by atoms with E-state index in [1.54, 1.807) is 0 Å². The highest BCUT2D eigenvalue weighted by molar-refractivity contribution is 5.66. The number of rotatable bonds is 5. The first-order valence-corrected chi connectivity index (χ1v) is 12.3. The van der Waals surface area contributed by atoms with Crippen LogP contribution in [0.3, 0.4) is 0 Å². The summed E-state index contributed by atoms with van der Waals surface area (Å²) in [4.78, 5) is 9.96. The maximum Gasteiger partial charge on any atom is 0.161 e. The van der Waals surface area contributed by atoms with Crippen molar-refractivity contribution >= 4 is 11.5 Å². The molecule has 4 rings (SSSR count). The fourth-order valence-corrected chi connectivity index (χ4v) is 4.20. The van der Waals surface area contributed by atoms with Crippen LogP contribution in [0.15, 0.2) is 24.3 Å². The molecule has 33 heavy (non-hydrogen) atoms. The van der Waals surface area contributed by atoms with Gasteiger partial charge in [-0.05, 0) is 48.9 Å². The molecule has 0 spiro atoms. The van der Waals surface area contributed by atoms with E-state index in [4.69, 9.17) is 19.4 Å². The Labute approximate surface area is 198 Å². The highest BCUT2D eigenvalue weighted by Crippen LogP contribution is 2.33. The molecule has 6 nitrogen and oxygen atoms in total. The summed E-state index contributed by atoms with van der Waals surface area (Å²) in [6, 6.07) is 9.53. The minimum Gasteiger partial charge on any atom is -0.382 e. The van der Waals surface area contributed by atoms with Crippen LogP contribution in [0.4, 0.5) is 11.5 Å². The Morgan fingerprint density at radius 2 is 1.64 bits per heavy atom. The van der Waals surface area contributed by atoms with Crippen molar-refractivity contribution in [2.75, 3.05) is 30.5 Å². The summed E-state index contributed by atoms with van der Waals surface area (Å²) < 4.78 is 11.1. The van der Waals surface area contributed by atoms with Gasteiger partial charge in [0.1, 0.15) is 5.82 Å². The van der Waals surface area contributed by atoms with E-state index in [1.165, 1.54) is 5.56 Å². The second-order valence-corrected chi connectivity index (χ2v) is 11.7. The fraction of sp³-hybridized carbons (Fsp3) is 0.630. The Balaban J connectivity index is 1.73. The lowest BCUT2D eigenvalue weighted by molar-refractivity contribution is 0.0209. The molecule has 3 heterocycles. The fourth-order valence-electron chi connectivity index (χ4n) is 4.20. The molecule has 0 aliphatic carbocycles. The molecule has 6 heteroatoms. The van der Waals surface area contributed by atoms with Gasteiger partial charge in [-0.25, -0.2) is 9.97 Å². The molecule has 1 unspecified atom stereocenters. The van der Waals surface area contributed by atoms with Crippen LogP contribution in [0.25, 0.3) is 11.4 Å². The molecule has 0 bridgehead atoms. The summed E-state index contributed by atoms with van der Waals surface area (Å²) in [7, 11) is 0. The molecule has 2 fully saturated rings. The predicted octanol–water partition coefficient (Wildman–Crippen LogP) is 5.53. The monoisotopic (exact) mass is 452 g/mol. The molecule has 2 aliphatic heterocycles. The van der Waals surface area contributed by atoms with Crippen molar-refractivity contribution in [3.05, 3.63) is 35.5 Å². The predicted molar refractivity (Wildman–Crippen MR) is 135 cm³/mol. The SMILES string of the molecule is C[C@H]1CC(Nc2cc(-c3nc(NC4COC4)cc(C(C)(C)C)n3)cc(C(C)(C)C)c2)CCO1. The van der Waals surface area contributed by atoms with Crippen LogP contribution in [0, 0.1) is 0 Å². The van der Waals surface area contributed by atoms with E-state index in [1.807, 2.05) is 0 Å². The van der Waals surface area contributed by atoms with E-state index < -0.39 is 0 Å². The van der Waals surface area contributed by atoms with Crippen molar-refractivity contribution in [2.45, 2.75) is 90.3 Å². The second kappa shape index (κ2) is 9.22. The smallest absolute Gasteiger partial charge is 0.161 e. The Morgan fingerprint density at radius 1 is 0.879 bits per heavy atom. The molecule has 2 atom stereocenters.